The van der Waals surface area contributed by atoms with E-state index in [1.165, 1.54) is 0 Å². The largest absolute Gasteiger partial charge is 0.417 e. The highest BCUT2D eigenvalue weighted by Gasteiger charge is 2.06. The summed E-state index contributed by atoms with van der Waals surface area (Å²) in [6.07, 6.45) is -0.525. The molecule has 0 aliphatic heterocycles. The molecule has 3 aromatic carbocycles. The van der Waals surface area contributed by atoms with Gasteiger partial charge in [-0.3, -0.25) is 5.32 Å². The van der Waals surface area contributed by atoms with Crippen LogP contribution < -0.4 is 15.4 Å². The van der Waals surface area contributed by atoms with Crippen LogP contribution in [0, 0.1) is 0 Å². The number of nitrogens with one attached hydrogen (secondary N) is 2. The lowest BCUT2D eigenvalue weighted by molar-refractivity contribution is 0.215. The van der Waals surface area contributed by atoms with Crippen molar-refractivity contribution in [3.8, 4) is 5.75 Å². The van der Waals surface area contributed by atoms with Crippen LogP contribution in [-0.2, 0) is 0 Å². The zero-order chi connectivity index (χ0) is 17.8. The Kier molecular flexibility index (Phi) is 4.49. The number of nitrogens with zero attached hydrogens (tertiary/aromatic N) is 1. The van der Waals surface area contributed by atoms with Gasteiger partial charge in [0.05, 0.1) is 10.2 Å². The lowest BCUT2D eigenvalue weighted by Gasteiger charge is -2.07. The van der Waals surface area contributed by atoms with Gasteiger partial charge < -0.3 is 10.1 Å². The first-order valence-electron chi connectivity index (χ1n) is 8.03. The molecule has 0 spiro atoms. The fraction of sp³-hybridized carbons (Fsp3) is 0. The quantitative estimate of drug-likeness (QED) is 0.493. The number of thiazole rings is 1. The zero-order valence-electron chi connectivity index (χ0n) is 13.7. The van der Waals surface area contributed by atoms with E-state index in [0.717, 1.165) is 21.0 Å². The fourth-order valence-electron chi connectivity index (χ4n) is 2.42. The molecule has 26 heavy (non-hydrogen) atoms. The number of carbonyl (C=O) groups is 1. The van der Waals surface area contributed by atoms with Crippen LogP contribution in [0.15, 0.2) is 78.9 Å². The first-order valence-corrected chi connectivity index (χ1v) is 8.84. The Hall–Kier alpha value is -3.38. The van der Waals surface area contributed by atoms with E-state index in [1.807, 2.05) is 66.7 Å². The summed E-state index contributed by atoms with van der Waals surface area (Å²) in [5, 5.41) is 6.81. The molecular formula is C20H15N3O2S. The van der Waals surface area contributed by atoms with Crippen LogP contribution in [-0.4, -0.2) is 11.1 Å². The Morgan fingerprint density at radius 2 is 1.54 bits per heavy atom. The molecule has 0 fully saturated rings. The molecule has 5 nitrogen and oxygen atoms in total. The van der Waals surface area contributed by atoms with Crippen molar-refractivity contribution in [2.45, 2.75) is 0 Å². The monoisotopic (exact) mass is 361 g/mol. The first kappa shape index (κ1) is 16.1. The van der Waals surface area contributed by atoms with Crippen LogP contribution in [0.25, 0.3) is 10.2 Å². The zero-order valence-corrected chi connectivity index (χ0v) is 14.5. The average Bonchev–Trinajstić information content (AvgIpc) is 3.06. The molecule has 0 bridgehead atoms. The van der Waals surface area contributed by atoms with Crippen molar-refractivity contribution in [3.63, 3.8) is 0 Å². The molecular weight excluding hydrogens is 346 g/mol. The van der Waals surface area contributed by atoms with E-state index in [0.29, 0.717) is 11.4 Å². The molecule has 4 rings (SSSR count). The van der Waals surface area contributed by atoms with Crippen LogP contribution in [0.5, 0.6) is 5.75 Å². The fourth-order valence-corrected chi connectivity index (χ4v) is 3.31. The third-order valence-corrected chi connectivity index (χ3v) is 4.58. The molecule has 0 saturated heterocycles. The molecule has 0 saturated carbocycles. The number of anilines is 3. The number of carbonyl (C=O) groups excluding carboxylic acids is 1. The molecule has 4 aromatic rings. The van der Waals surface area contributed by atoms with Gasteiger partial charge in [-0.2, -0.15) is 0 Å². The summed E-state index contributed by atoms with van der Waals surface area (Å²) < 4.78 is 6.34. The highest BCUT2D eigenvalue weighted by Crippen LogP contribution is 2.28. The second kappa shape index (κ2) is 7.25. The predicted octanol–water partition coefficient (Wildman–Crippen LogP) is 5.65. The van der Waals surface area contributed by atoms with Gasteiger partial charge in [-0.15, -0.1) is 0 Å². The molecule has 1 heterocycles. The highest BCUT2D eigenvalue weighted by molar-refractivity contribution is 7.22. The summed E-state index contributed by atoms with van der Waals surface area (Å²) in [6.45, 7) is 0. The van der Waals surface area contributed by atoms with Gasteiger partial charge >= 0.3 is 6.09 Å². The SMILES string of the molecule is O=C(Nc1ccc(Nc2nc3ccccc3s2)cc1)Oc1ccccc1. The van der Waals surface area contributed by atoms with Gasteiger partial charge in [-0.05, 0) is 48.5 Å². The second-order valence-electron chi connectivity index (χ2n) is 5.52. The summed E-state index contributed by atoms with van der Waals surface area (Å²) in [5.74, 6) is 0.499. The minimum atomic E-state index is -0.525. The van der Waals surface area contributed by atoms with E-state index < -0.39 is 6.09 Å². The third kappa shape index (κ3) is 3.81. The van der Waals surface area contributed by atoms with Crippen molar-refractivity contribution in [2.75, 3.05) is 10.6 Å². The molecule has 1 amide bonds. The maximum atomic E-state index is 11.9. The van der Waals surface area contributed by atoms with E-state index in [9.17, 15) is 4.79 Å². The Bertz CT molecular complexity index is 997. The number of amides is 1. The van der Waals surface area contributed by atoms with E-state index in [2.05, 4.69) is 15.6 Å². The van der Waals surface area contributed by atoms with E-state index in [-0.39, 0.29) is 0 Å². The standard InChI is InChI=1S/C20H15N3O2S/c24-20(25-16-6-2-1-3-7-16)22-15-12-10-14(11-13-15)21-19-23-17-8-4-5-9-18(17)26-19/h1-13H,(H,21,23)(H,22,24). The van der Waals surface area contributed by atoms with E-state index in [4.69, 9.17) is 4.74 Å². The molecule has 0 radical (unpaired) electrons. The number of hydrogen-bond acceptors (Lipinski definition) is 5. The first-order chi connectivity index (χ1) is 12.8. The van der Waals surface area contributed by atoms with Gasteiger partial charge in [0.25, 0.3) is 0 Å². The molecule has 0 aliphatic carbocycles. The van der Waals surface area contributed by atoms with Crippen molar-refractivity contribution < 1.29 is 9.53 Å². The number of aromatic nitrogens is 1. The van der Waals surface area contributed by atoms with Gasteiger partial charge in [-0.25, -0.2) is 9.78 Å². The van der Waals surface area contributed by atoms with Gasteiger partial charge in [0.15, 0.2) is 5.13 Å². The average molecular weight is 361 g/mol. The minimum absolute atomic E-state index is 0.499. The van der Waals surface area contributed by atoms with Crippen LogP contribution >= 0.6 is 11.3 Å². The molecule has 128 valence electrons. The Morgan fingerprint density at radius 1 is 0.846 bits per heavy atom. The van der Waals surface area contributed by atoms with Gasteiger partial charge in [0.2, 0.25) is 0 Å². The van der Waals surface area contributed by atoms with Crippen LogP contribution in [0.4, 0.5) is 21.3 Å². The number of para-hydroxylation sites is 2. The number of ether oxygens (including phenoxy) is 1. The van der Waals surface area contributed by atoms with Crippen molar-refractivity contribution >= 4 is 44.2 Å². The second-order valence-corrected chi connectivity index (χ2v) is 6.55. The minimum Gasteiger partial charge on any atom is -0.410 e. The van der Waals surface area contributed by atoms with Crippen molar-refractivity contribution in [2.24, 2.45) is 0 Å². The van der Waals surface area contributed by atoms with E-state index >= 15 is 0 Å². The summed E-state index contributed by atoms with van der Waals surface area (Å²) in [5.41, 5.74) is 2.52. The predicted molar refractivity (Wildman–Crippen MR) is 105 cm³/mol. The normalized spacial score (nSPS) is 10.5. The Morgan fingerprint density at radius 3 is 2.31 bits per heavy atom. The van der Waals surface area contributed by atoms with E-state index in [1.54, 1.807) is 23.5 Å². The molecule has 2 N–H and O–H groups in total. The lowest BCUT2D eigenvalue weighted by atomic mass is 10.3. The van der Waals surface area contributed by atoms with Gasteiger partial charge in [-0.1, -0.05) is 41.7 Å². The highest BCUT2D eigenvalue weighted by atomic mass is 32.1. The summed E-state index contributed by atoms with van der Waals surface area (Å²) in [7, 11) is 0. The number of hydrogen-bond donors (Lipinski definition) is 2. The lowest BCUT2D eigenvalue weighted by Crippen LogP contribution is -2.16. The Labute approximate surface area is 154 Å². The van der Waals surface area contributed by atoms with Crippen LogP contribution in [0.3, 0.4) is 0 Å². The summed E-state index contributed by atoms with van der Waals surface area (Å²) in [6, 6.07) is 24.3. The smallest absolute Gasteiger partial charge is 0.410 e. The molecule has 6 heteroatoms. The van der Waals surface area contributed by atoms with Crippen molar-refractivity contribution in [1.82, 2.24) is 4.98 Å². The molecule has 0 atom stereocenters. The number of fused-ring (bicyclic) bond motifs is 1. The van der Waals surface area contributed by atoms with Crippen molar-refractivity contribution in [1.29, 1.82) is 0 Å². The third-order valence-electron chi connectivity index (χ3n) is 3.63. The number of benzene rings is 3. The van der Waals surface area contributed by atoms with Gasteiger partial charge in [0, 0.05) is 11.4 Å². The topological polar surface area (TPSA) is 63.2 Å². The summed E-state index contributed by atoms with van der Waals surface area (Å²) >= 11 is 1.60. The van der Waals surface area contributed by atoms with Gasteiger partial charge in [0.1, 0.15) is 5.75 Å². The Balaban J connectivity index is 1.39. The maximum absolute atomic E-state index is 11.9. The molecule has 1 aromatic heterocycles. The summed E-state index contributed by atoms with van der Waals surface area (Å²) in [4.78, 5) is 16.4. The van der Waals surface area contributed by atoms with Crippen molar-refractivity contribution in [3.05, 3.63) is 78.9 Å². The number of rotatable bonds is 4. The molecule has 0 unspecified atom stereocenters. The van der Waals surface area contributed by atoms with Crippen LogP contribution in [0.1, 0.15) is 0 Å². The van der Waals surface area contributed by atoms with Crippen LogP contribution in [0.2, 0.25) is 0 Å². The maximum Gasteiger partial charge on any atom is 0.417 e. The molecule has 0 aliphatic rings.